The first-order chi connectivity index (χ1) is 10.2. The highest BCUT2D eigenvalue weighted by atomic mass is 16.2. The van der Waals surface area contributed by atoms with Crippen molar-refractivity contribution in [2.45, 2.75) is 52.0 Å². The van der Waals surface area contributed by atoms with Gasteiger partial charge in [-0.25, -0.2) is 0 Å². The van der Waals surface area contributed by atoms with Gasteiger partial charge in [0.05, 0.1) is 5.41 Å². The van der Waals surface area contributed by atoms with Gasteiger partial charge in [-0.15, -0.1) is 0 Å². The molecule has 3 heteroatoms. The van der Waals surface area contributed by atoms with Crippen LogP contribution < -0.4 is 5.73 Å². The Bertz CT molecular complexity index is 438. The van der Waals surface area contributed by atoms with E-state index in [0.717, 1.165) is 38.6 Å². The van der Waals surface area contributed by atoms with Crippen LogP contribution in [0.25, 0.3) is 0 Å². The SMILES string of the molecule is CCCN(Cc1ccccc1)C(=O)C1(CN)CCCCC1. The number of benzene rings is 1. The van der Waals surface area contributed by atoms with E-state index in [1.807, 2.05) is 23.1 Å². The van der Waals surface area contributed by atoms with Crippen molar-refractivity contribution in [2.75, 3.05) is 13.1 Å². The minimum Gasteiger partial charge on any atom is -0.338 e. The molecule has 0 saturated heterocycles. The molecule has 0 unspecified atom stereocenters. The van der Waals surface area contributed by atoms with Crippen molar-refractivity contribution in [1.82, 2.24) is 4.90 Å². The third kappa shape index (κ3) is 3.85. The molecule has 0 spiro atoms. The lowest BCUT2D eigenvalue weighted by Gasteiger charge is -2.39. The second-order valence-electron chi connectivity index (χ2n) is 6.26. The van der Waals surface area contributed by atoms with Crippen LogP contribution in [-0.4, -0.2) is 23.9 Å². The molecule has 0 aromatic heterocycles. The molecule has 0 heterocycles. The maximum atomic E-state index is 13.1. The quantitative estimate of drug-likeness (QED) is 0.872. The topological polar surface area (TPSA) is 46.3 Å². The number of nitrogens with two attached hydrogens (primary N) is 1. The zero-order valence-electron chi connectivity index (χ0n) is 13.2. The smallest absolute Gasteiger partial charge is 0.230 e. The van der Waals surface area contributed by atoms with Gasteiger partial charge >= 0.3 is 0 Å². The Morgan fingerprint density at radius 1 is 1.19 bits per heavy atom. The van der Waals surface area contributed by atoms with Crippen molar-refractivity contribution in [1.29, 1.82) is 0 Å². The molecule has 1 aromatic carbocycles. The van der Waals surface area contributed by atoms with Crippen LogP contribution >= 0.6 is 0 Å². The minimum atomic E-state index is -0.303. The number of rotatable bonds is 6. The summed E-state index contributed by atoms with van der Waals surface area (Å²) in [5, 5.41) is 0. The summed E-state index contributed by atoms with van der Waals surface area (Å²) in [6.45, 7) is 4.13. The molecule has 0 bridgehead atoms. The molecule has 1 fully saturated rings. The largest absolute Gasteiger partial charge is 0.338 e. The number of nitrogens with zero attached hydrogens (tertiary/aromatic N) is 1. The van der Waals surface area contributed by atoms with Gasteiger partial charge < -0.3 is 10.6 Å². The van der Waals surface area contributed by atoms with Crippen LogP contribution in [0.5, 0.6) is 0 Å². The van der Waals surface area contributed by atoms with E-state index < -0.39 is 0 Å². The van der Waals surface area contributed by atoms with Crippen LogP contribution in [0.4, 0.5) is 0 Å². The maximum Gasteiger partial charge on any atom is 0.230 e. The van der Waals surface area contributed by atoms with Crippen molar-refractivity contribution in [3.63, 3.8) is 0 Å². The van der Waals surface area contributed by atoms with Gasteiger partial charge in [-0.05, 0) is 24.8 Å². The Kier molecular flexibility index (Phi) is 5.80. The number of carbonyl (C=O) groups is 1. The molecule has 0 aliphatic heterocycles. The van der Waals surface area contributed by atoms with Crippen molar-refractivity contribution in [3.8, 4) is 0 Å². The van der Waals surface area contributed by atoms with Crippen LogP contribution in [0.2, 0.25) is 0 Å². The average Bonchev–Trinajstić information content (AvgIpc) is 2.55. The summed E-state index contributed by atoms with van der Waals surface area (Å²) < 4.78 is 0. The lowest BCUT2D eigenvalue weighted by Crippen LogP contribution is -2.49. The molecule has 21 heavy (non-hydrogen) atoms. The van der Waals surface area contributed by atoms with Gasteiger partial charge in [-0.3, -0.25) is 4.79 Å². The molecule has 116 valence electrons. The van der Waals surface area contributed by atoms with E-state index in [1.54, 1.807) is 0 Å². The van der Waals surface area contributed by atoms with Gasteiger partial charge in [0.1, 0.15) is 0 Å². The van der Waals surface area contributed by atoms with Crippen LogP contribution in [0.15, 0.2) is 30.3 Å². The lowest BCUT2D eigenvalue weighted by molar-refractivity contribution is -0.144. The van der Waals surface area contributed by atoms with E-state index in [2.05, 4.69) is 19.1 Å². The second kappa shape index (κ2) is 7.60. The van der Waals surface area contributed by atoms with Gasteiger partial charge in [0, 0.05) is 19.6 Å². The highest BCUT2D eigenvalue weighted by Gasteiger charge is 2.40. The molecule has 3 nitrogen and oxygen atoms in total. The Morgan fingerprint density at radius 2 is 1.86 bits per heavy atom. The van der Waals surface area contributed by atoms with Crippen molar-refractivity contribution in [3.05, 3.63) is 35.9 Å². The maximum absolute atomic E-state index is 13.1. The Balaban J connectivity index is 2.14. The van der Waals surface area contributed by atoms with Gasteiger partial charge in [0.15, 0.2) is 0 Å². The molecular weight excluding hydrogens is 260 g/mol. The highest BCUT2D eigenvalue weighted by molar-refractivity contribution is 5.83. The molecule has 1 amide bonds. The minimum absolute atomic E-state index is 0.274. The molecule has 1 aliphatic rings. The average molecular weight is 288 g/mol. The predicted molar refractivity (Wildman–Crippen MR) is 86.7 cm³/mol. The number of carbonyl (C=O) groups excluding carboxylic acids is 1. The zero-order chi connectivity index (χ0) is 15.1. The highest BCUT2D eigenvalue weighted by Crippen LogP contribution is 2.37. The molecule has 1 aliphatic carbocycles. The molecule has 0 radical (unpaired) electrons. The van der Waals surface area contributed by atoms with Gasteiger partial charge in [0.2, 0.25) is 5.91 Å². The molecule has 2 rings (SSSR count). The summed E-state index contributed by atoms with van der Waals surface area (Å²) in [5.74, 6) is 0.274. The fraction of sp³-hybridized carbons (Fsp3) is 0.611. The van der Waals surface area contributed by atoms with E-state index in [0.29, 0.717) is 13.1 Å². The summed E-state index contributed by atoms with van der Waals surface area (Å²) >= 11 is 0. The molecule has 2 N–H and O–H groups in total. The first-order valence-corrected chi connectivity index (χ1v) is 8.25. The lowest BCUT2D eigenvalue weighted by atomic mass is 9.73. The van der Waals surface area contributed by atoms with Crippen molar-refractivity contribution < 1.29 is 4.79 Å². The van der Waals surface area contributed by atoms with E-state index in [4.69, 9.17) is 5.73 Å². The zero-order valence-corrected chi connectivity index (χ0v) is 13.2. The Labute approximate surface area is 128 Å². The fourth-order valence-electron chi connectivity index (χ4n) is 3.40. The summed E-state index contributed by atoms with van der Waals surface area (Å²) in [6, 6.07) is 10.3. The fourth-order valence-corrected chi connectivity index (χ4v) is 3.40. The number of hydrogen-bond acceptors (Lipinski definition) is 2. The predicted octanol–water partition coefficient (Wildman–Crippen LogP) is 3.33. The van der Waals surface area contributed by atoms with Crippen molar-refractivity contribution >= 4 is 5.91 Å². The van der Waals surface area contributed by atoms with Crippen LogP contribution in [0.1, 0.15) is 51.0 Å². The van der Waals surface area contributed by atoms with Crippen LogP contribution in [0, 0.1) is 5.41 Å². The summed E-state index contributed by atoms with van der Waals surface area (Å²) in [5.41, 5.74) is 6.91. The third-order valence-electron chi connectivity index (χ3n) is 4.65. The van der Waals surface area contributed by atoms with E-state index in [9.17, 15) is 4.79 Å². The molecule has 1 saturated carbocycles. The molecule has 1 aromatic rings. The van der Waals surface area contributed by atoms with E-state index in [-0.39, 0.29) is 11.3 Å². The summed E-state index contributed by atoms with van der Waals surface area (Å²) in [6.07, 6.45) is 6.40. The van der Waals surface area contributed by atoms with Crippen LogP contribution in [-0.2, 0) is 11.3 Å². The summed E-state index contributed by atoms with van der Waals surface area (Å²) in [4.78, 5) is 15.1. The first-order valence-electron chi connectivity index (χ1n) is 8.25. The Hall–Kier alpha value is -1.35. The van der Waals surface area contributed by atoms with Gasteiger partial charge in [0.25, 0.3) is 0 Å². The number of hydrogen-bond donors (Lipinski definition) is 1. The normalized spacial score (nSPS) is 17.4. The molecular formula is C18H28N2O. The third-order valence-corrected chi connectivity index (χ3v) is 4.65. The molecule has 0 atom stereocenters. The monoisotopic (exact) mass is 288 g/mol. The van der Waals surface area contributed by atoms with Crippen molar-refractivity contribution in [2.24, 2.45) is 11.1 Å². The van der Waals surface area contributed by atoms with Gasteiger partial charge in [-0.1, -0.05) is 56.5 Å². The summed E-state index contributed by atoms with van der Waals surface area (Å²) in [7, 11) is 0. The van der Waals surface area contributed by atoms with E-state index in [1.165, 1.54) is 12.0 Å². The second-order valence-corrected chi connectivity index (χ2v) is 6.26. The standard InChI is InChI=1S/C18H28N2O/c1-2-13-20(14-16-9-5-3-6-10-16)17(21)18(15-19)11-7-4-8-12-18/h3,5-6,9-10H,2,4,7-8,11-15,19H2,1H3. The van der Waals surface area contributed by atoms with E-state index >= 15 is 0 Å². The van der Waals surface area contributed by atoms with Gasteiger partial charge in [-0.2, -0.15) is 0 Å². The first kappa shape index (κ1) is 16.0. The number of amides is 1. The van der Waals surface area contributed by atoms with Crippen LogP contribution in [0.3, 0.4) is 0 Å². The Morgan fingerprint density at radius 3 is 2.43 bits per heavy atom.